The number of amides is 1. The maximum absolute atomic E-state index is 12.8. The van der Waals surface area contributed by atoms with E-state index in [0.717, 1.165) is 16.3 Å². The minimum Gasteiger partial charge on any atom is -0.323 e. The first-order valence-corrected chi connectivity index (χ1v) is 6.95. The van der Waals surface area contributed by atoms with Crippen LogP contribution >= 0.6 is 0 Å². The Balaban J connectivity index is 1.78. The van der Waals surface area contributed by atoms with E-state index in [9.17, 15) is 9.18 Å². The van der Waals surface area contributed by atoms with Gasteiger partial charge < -0.3 is 5.32 Å². The molecule has 0 unspecified atom stereocenters. The molecule has 3 aromatic carbocycles. The van der Waals surface area contributed by atoms with Crippen LogP contribution in [0.3, 0.4) is 0 Å². The number of nitrogens with one attached hydrogen (secondary N) is 1. The molecule has 3 rings (SSSR count). The molecule has 0 atom stereocenters. The maximum Gasteiger partial charge on any atom is 0.248 e. The number of halogens is 1. The van der Waals surface area contributed by atoms with Crippen LogP contribution in [-0.4, -0.2) is 5.91 Å². The SMILES string of the molecule is O=C(C=Cc1cccc2ccccc12)Nc1ccc(F)cc1. The van der Waals surface area contributed by atoms with Gasteiger partial charge in [0.1, 0.15) is 5.82 Å². The van der Waals surface area contributed by atoms with Crippen LogP contribution in [0, 0.1) is 5.82 Å². The van der Waals surface area contributed by atoms with Crippen molar-refractivity contribution in [2.75, 3.05) is 5.32 Å². The van der Waals surface area contributed by atoms with Gasteiger partial charge in [-0.25, -0.2) is 4.39 Å². The van der Waals surface area contributed by atoms with Crippen molar-refractivity contribution in [2.24, 2.45) is 0 Å². The molecule has 22 heavy (non-hydrogen) atoms. The number of hydrogen-bond acceptors (Lipinski definition) is 1. The molecule has 0 bridgehead atoms. The highest BCUT2D eigenvalue weighted by Gasteiger charge is 2.00. The molecule has 1 amide bonds. The van der Waals surface area contributed by atoms with E-state index in [-0.39, 0.29) is 11.7 Å². The zero-order valence-electron chi connectivity index (χ0n) is 11.8. The fourth-order valence-corrected chi connectivity index (χ4v) is 2.28. The van der Waals surface area contributed by atoms with E-state index in [1.54, 1.807) is 6.08 Å². The predicted molar refractivity (Wildman–Crippen MR) is 88.0 cm³/mol. The van der Waals surface area contributed by atoms with Gasteiger partial charge in [-0.15, -0.1) is 0 Å². The van der Waals surface area contributed by atoms with Gasteiger partial charge in [-0.2, -0.15) is 0 Å². The van der Waals surface area contributed by atoms with Gasteiger partial charge in [0.05, 0.1) is 0 Å². The maximum atomic E-state index is 12.8. The molecule has 0 aliphatic heterocycles. The van der Waals surface area contributed by atoms with Gasteiger partial charge in [0.25, 0.3) is 0 Å². The van der Waals surface area contributed by atoms with Crippen LogP contribution in [0.4, 0.5) is 10.1 Å². The molecule has 0 saturated carbocycles. The average molecular weight is 291 g/mol. The molecule has 3 heteroatoms. The summed E-state index contributed by atoms with van der Waals surface area (Å²) < 4.78 is 12.8. The molecule has 0 aliphatic rings. The molecule has 0 aromatic heterocycles. The molecule has 0 aliphatic carbocycles. The van der Waals surface area contributed by atoms with E-state index in [1.807, 2.05) is 42.5 Å². The van der Waals surface area contributed by atoms with Crippen LogP contribution in [0.5, 0.6) is 0 Å². The second-order valence-corrected chi connectivity index (χ2v) is 4.90. The van der Waals surface area contributed by atoms with Crippen LogP contribution in [0.2, 0.25) is 0 Å². The fourth-order valence-electron chi connectivity index (χ4n) is 2.28. The summed E-state index contributed by atoms with van der Waals surface area (Å²) >= 11 is 0. The van der Waals surface area contributed by atoms with Gasteiger partial charge in [-0.3, -0.25) is 4.79 Å². The number of rotatable bonds is 3. The smallest absolute Gasteiger partial charge is 0.248 e. The lowest BCUT2D eigenvalue weighted by Gasteiger charge is -2.03. The van der Waals surface area contributed by atoms with Gasteiger partial charge in [-0.05, 0) is 46.7 Å². The van der Waals surface area contributed by atoms with Crippen LogP contribution in [0.15, 0.2) is 72.8 Å². The first-order valence-electron chi connectivity index (χ1n) is 6.95. The van der Waals surface area contributed by atoms with E-state index in [1.165, 1.54) is 30.3 Å². The van der Waals surface area contributed by atoms with Crippen molar-refractivity contribution in [2.45, 2.75) is 0 Å². The van der Waals surface area contributed by atoms with E-state index in [0.29, 0.717) is 5.69 Å². The number of hydrogen-bond donors (Lipinski definition) is 1. The van der Waals surface area contributed by atoms with Crippen LogP contribution < -0.4 is 5.32 Å². The highest BCUT2D eigenvalue weighted by molar-refractivity contribution is 6.03. The summed E-state index contributed by atoms with van der Waals surface area (Å²) in [7, 11) is 0. The summed E-state index contributed by atoms with van der Waals surface area (Å²) in [6.45, 7) is 0. The van der Waals surface area contributed by atoms with Crippen LogP contribution in [0.1, 0.15) is 5.56 Å². The van der Waals surface area contributed by atoms with Crippen molar-refractivity contribution in [1.29, 1.82) is 0 Å². The Morgan fingerprint density at radius 2 is 1.64 bits per heavy atom. The number of benzene rings is 3. The third-order valence-corrected chi connectivity index (χ3v) is 3.35. The Hall–Kier alpha value is -2.94. The molecule has 0 fully saturated rings. The topological polar surface area (TPSA) is 29.1 Å². The summed E-state index contributed by atoms with van der Waals surface area (Å²) in [6.07, 6.45) is 3.26. The predicted octanol–water partition coefficient (Wildman–Crippen LogP) is 4.63. The molecule has 3 aromatic rings. The molecule has 0 saturated heterocycles. The standard InChI is InChI=1S/C19H14FNO/c20-16-9-11-17(12-10-16)21-19(22)13-8-15-6-3-5-14-4-1-2-7-18(14)15/h1-13H,(H,21,22). The highest BCUT2D eigenvalue weighted by Crippen LogP contribution is 2.19. The van der Waals surface area contributed by atoms with E-state index in [2.05, 4.69) is 5.32 Å². The fraction of sp³-hybridized carbons (Fsp3) is 0. The largest absolute Gasteiger partial charge is 0.323 e. The van der Waals surface area contributed by atoms with E-state index < -0.39 is 0 Å². The number of anilines is 1. The second kappa shape index (κ2) is 6.22. The van der Waals surface area contributed by atoms with Gasteiger partial charge in [-0.1, -0.05) is 42.5 Å². The minimum absolute atomic E-state index is 0.250. The van der Waals surface area contributed by atoms with Gasteiger partial charge in [0, 0.05) is 11.8 Å². The van der Waals surface area contributed by atoms with Crippen molar-refractivity contribution in [3.8, 4) is 0 Å². The Bertz CT molecular complexity index is 832. The van der Waals surface area contributed by atoms with Crippen molar-refractivity contribution in [1.82, 2.24) is 0 Å². The van der Waals surface area contributed by atoms with Crippen molar-refractivity contribution < 1.29 is 9.18 Å². The lowest BCUT2D eigenvalue weighted by atomic mass is 10.0. The molecule has 0 spiro atoms. The number of carbonyl (C=O) groups excluding carboxylic acids is 1. The molecule has 0 heterocycles. The Morgan fingerprint density at radius 3 is 2.45 bits per heavy atom. The zero-order valence-corrected chi connectivity index (χ0v) is 11.8. The van der Waals surface area contributed by atoms with Gasteiger partial charge >= 0.3 is 0 Å². The van der Waals surface area contributed by atoms with E-state index >= 15 is 0 Å². The zero-order chi connectivity index (χ0) is 15.4. The lowest BCUT2D eigenvalue weighted by Crippen LogP contribution is -2.07. The lowest BCUT2D eigenvalue weighted by molar-refractivity contribution is -0.111. The van der Waals surface area contributed by atoms with Crippen molar-refractivity contribution >= 4 is 28.4 Å². The molecule has 108 valence electrons. The number of carbonyl (C=O) groups is 1. The summed E-state index contributed by atoms with van der Waals surface area (Å²) in [4.78, 5) is 11.9. The summed E-state index contributed by atoms with van der Waals surface area (Å²) in [5, 5.41) is 4.92. The molecule has 2 nitrogen and oxygen atoms in total. The Labute approximate surface area is 127 Å². The quantitative estimate of drug-likeness (QED) is 0.700. The molecule has 1 N–H and O–H groups in total. The summed E-state index contributed by atoms with van der Waals surface area (Å²) in [5.41, 5.74) is 1.54. The van der Waals surface area contributed by atoms with Crippen molar-refractivity contribution in [3.05, 3.63) is 84.2 Å². The van der Waals surface area contributed by atoms with Crippen molar-refractivity contribution in [3.63, 3.8) is 0 Å². The Kier molecular flexibility index (Phi) is 3.97. The molecular weight excluding hydrogens is 277 g/mol. The average Bonchev–Trinajstić information content (AvgIpc) is 2.55. The van der Waals surface area contributed by atoms with Crippen LogP contribution in [0.25, 0.3) is 16.8 Å². The first kappa shape index (κ1) is 14.0. The van der Waals surface area contributed by atoms with Gasteiger partial charge in [0.15, 0.2) is 0 Å². The minimum atomic E-state index is -0.329. The highest BCUT2D eigenvalue weighted by atomic mass is 19.1. The summed E-state index contributed by atoms with van der Waals surface area (Å²) in [6, 6.07) is 19.6. The monoisotopic (exact) mass is 291 g/mol. The second-order valence-electron chi connectivity index (χ2n) is 4.90. The Morgan fingerprint density at radius 1 is 0.909 bits per heavy atom. The van der Waals surface area contributed by atoms with E-state index in [4.69, 9.17) is 0 Å². The van der Waals surface area contributed by atoms with Crippen LogP contribution in [-0.2, 0) is 4.79 Å². The number of fused-ring (bicyclic) bond motifs is 1. The third kappa shape index (κ3) is 3.20. The normalized spacial score (nSPS) is 11.0. The van der Waals surface area contributed by atoms with Gasteiger partial charge in [0.2, 0.25) is 5.91 Å². The first-order chi connectivity index (χ1) is 10.7. The summed E-state index contributed by atoms with van der Waals surface area (Å²) in [5.74, 6) is -0.580. The molecular formula is C19H14FNO. The molecule has 0 radical (unpaired) electrons. The third-order valence-electron chi connectivity index (χ3n) is 3.35.